The number of carbonyl (C=O) groups excluding carboxylic acids is 3. The van der Waals surface area contributed by atoms with Crippen molar-refractivity contribution in [1.82, 2.24) is 25.2 Å². The van der Waals surface area contributed by atoms with Gasteiger partial charge in [0.1, 0.15) is 17.1 Å². The average Bonchev–Trinajstić information content (AvgIpc) is 3.46. The third kappa shape index (κ3) is 4.81. The van der Waals surface area contributed by atoms with Crippen molar-refractivity contribution in [3.05, 3.63) is 77.0 Å². The molecule has 0 spiro atoms. The first-order valence-electron chi connectivity index (χ1n) is 12.0. The van der Waals surface area contributed by atoms with Crippen molar-refractivity contribution in [2.24, 2.45) is 0 Å². The molecule has 0 bridgehead atoms. The number of nitrogens with one attached hydrogen (secondary N) is 3. The lowest BCUT2D eigenvalue weighted by atomic mass is 10.1. The van der Waals surface area contributed by atoms with Crippen molar-refractivity contribution in [2.75, 3.05) is 11.9 Å². The molecule has 4 aromatic rings. The third-order valence-electron chi connectivity index (χ3n) is 6.07. The van der Waals surface area contributed by atoms with E-state index in [9.17, 15) is 23.2 Å². The lowest BCUT2D eigenvalue weighted by Gasteiger charge is -2.18. The van der Waals surface area contributed by atoms with Crippen molar-refractivity contribution in [2.45, 2.75) is 26.1 Å². The van der Waals surface area contributed by atoms with Gasteiger partial charge in [0.2, 0.25) is 0 Å². The summed E-state index contributed by atoms with van der Waals surface area (Å²) in [4.78, 5) is 41.6. The first-order valence-corrected chi connectivity index (χ1v) is 12.0. The molecule has 2 aromatic carbocycles. The third-order valence-corrected chi connectivity index (χ3v) is 6.07. The van der Waals surface area contributed by atoms with Crippen molar-refractivity contribution in [3.8, 4) is 17.2 Å². The van der Waals surface area contributed by atoms with Gasteiger partial charge in [0.05, 0.1) is 11.9 Å². The van der Waals surface area contributed by atoms with E-state index in [1.807, 2.05) is 0 Å². The number of ether oxygens (including phenoxy) is 3. The largest absolute Gasteiger partial charge is 0.482 e. The Balaban J connectivity index is 1.18. The average molecular weight is 550 g/mol. The zero-order chi connectivity index (χ0) is 28.0. The molecule has 1 atom stereocenters. The Hall–Kier alpha value is -5.27. The van der Waals surface area contributed by atoms with Crippen LogP contribution in [-0.2, 0) is 17.9 Å². The number of halogens is 2. The number of nitrogens with zero attached hydrogens (tertiary/aromatic N) is 3. The monoisotopic (exact) mass is 550 g/mol. The fourth-order valence-electron chi connectivity index (χ4n) is 4.24. The number of aromatic nitrogens is 3. The van der Waals surface area contributed by atoms with E-state index < -0.39 is 23.7 Å². The van der Waals surface area contributed by atoms with E-state index in [-0.39, 0.29) is 54.1 Å². The van der Waals surface area contributed by atoms with Crippen LogP contribution in [0.1, 0.15) is 39.0 Å². The van der Waals surface area contributed by atoms with Crippen molar-refractivity contribution in [1.29, 1.82) is 0 Å². The molecule has 4 heterocycles. The molecule has 0 saturated heterocycles. The normalized spacial score (nSPS) is 17.1. The van der Waals surface area contributed by atoms with Crippen LogP contribution in [0.5, 0.6) is 17.2 Å². The Morgan fingerprint density at radius 1 is 1.02 bits per heavy atom. The second-order valence-corrected chi connectivity index (χ2v) is 9.11. The van der Waals surface area contributed by atoms with Crippen molar-refractivity contribution >= 4 is 29.1 Å². The van der Waals surface area contributed by atoms with Gasteiger partial charge in [0, 0.05) is 26.1 Å². The highest BCUT2D eigenvalue weighted by molar-refractivity contribution is 5.98. The zero-order valence-corrected chi connectivity index (χ0v) is 20.8. The van der Waals surface area contributed by atoms with E-state index >= 15 is 0 Å². The molecule has 0 radical (unpaired) electrons. The summed E-state index contributed by atoms with van der Waals surface area (Å²) in [6.07, 6.45) is 0.885. The molecule has 1 unspecified atom stereocenters. The highest BCUT2D eigenvalue weighted by Gasteiger charge is 2.36. The fraction of sp³-hybridized carbons (Fsp3) is 0.192. The Morgan fingerprint density at radius 3 is 2.52 bits per heavy atom. The van der Waals surface area contributed by atoms with Gasteiger partial charge in [0.25, 0.3) is 17.7 Å². The molecule has 2 aliphatic heterocycles. The summed E-state index contributed by atoms with van der Waals surface area (Å²) in [6.45, 7) is 1.11. The number of rotatable bonds is 6. The van der Waals surface area contributed by atoms with E-state index in [1.165, 1.54) is 18.2 Å². The molecule has 14 heteroatoms. The molecule has 0 aliphatic carbocycles. The van der Waals surface area contributed by atoms with Crippen LogP contribution < -0.4 is 30.2 Å². The molecule has 2 aliphatic rings. The number of benzene rings is 2. The summed E-state index contributed by atoms with van der Waals surface area (Å²) in [6, 6.07) is 8.61. The number of fused-ring (bicyclic) bond motifs is 3. The topological polar surface area (TPSA) is 145 Å². The van der Waals surface area contributed by atoms with Crippen LogP contribution in [0.15, 0.2) is 48.7 Å². The first-order chi connectivity index (χ1) is 19.1. The Bertz CT molecular complexity index is 1700. The quantitative estimate of drug-likeness (QED) is 0.332. The number of hydrogen-bond donors (Lipinski definition) is 3. The summed E-state index contributed by atoms with van der Waals surface area (Å²) in [7, 11) is 0. The van der Waals surface area contributed by atoms with Gasteiger partial charge in [-0.1, -0.05) is 12.1 Å². The van der Waals surface area contributed by atoms with Gasteiger partial charge in [-0.15, -0.1) is 0 Å². The lowest BCUT2D eigenvalue weighted by Crippen LogP contribution is -2.29. The van der Waals surface area contributed by atoms with Crippen molar-refractivity contribution < 1.29 is 37.4 Å². The number of anilines is 1. The van der Waals surface area contributed by atoms with E-state index in [2.05, 4.69) is 26.0 Å². The Labute approximate surface area is 224 Å². The van der Waals surface area contributed by atoms with Crippen LogP contribution in [0, 0.1) is 5.82 Å². The molecule has 3 amide bonds. The number of carbonyl (C=O) groups is 3. The number of hydrogen-bond acceptors (Lipinski definition) is 8. The number of amides is 3. The minimum Gasteiger partial charge on any atom is -0.482 e. The summed E-state index contributed by atoms with van der Waals surface area (Å²) in [5.74, 6) is -1.52. The highest BCUT2D eigenvalue weighted by Crippen LogP contribution is 2.40. The Kier molecular flexibility index (Phi) is 5.93. The van der Waals surface area contributed by atoms with Gasteiger partial charge in [0.15, 0.2) is 29.6 Å². The predicted molar refractivity (Wildman–Crippen MR) is 133 cm³/mol. The molecule has 3 N–H and O–H groups in total. The molecular weight excluding hydrogens is 530 g/mol. The maximum atomic E-state index is 14.4. The van der Waals surface area contributed by atoms with Gasteiger partial charge < -0.3 is 30.2 Å². The molecule has 40 heavy (non-hydrogen) atoms. The minimum absolute atomic E-state index is 0.00610. The van der Waals surface area contributed by atoms with Crippen LogP contribution in [0.3, 0.4) is 0 Å². The predicted octanol–water partition coefficient (Wildman–Crippen LogP) is 2.47. The maximum absolute atomic E-state index is 14.4. The lowest BCUT2D eigenvalue weighted by molar-refractivity contribution is -0.173. The standard InChI is InChI=1S/C26H20F2N6O6/c1-26(28)39-20-5-3-14(7-21(20)40-26)10-30-25(37)18-8-17(33-23-15(27)11-31-34(18)23)24(36)29-9-13-2-4-19-16(6-13)32-22(35)12-38-19/h2-8,11H,9-10,12H2,1H3,(H,29,36)(H,30,37)(H,32,35). The second-order valence-electron chi connectivity index (χ2n) is 9.11. The fourth-order valence-corrected chi connectivity index (χ4v) is 4.24. The van der Waals surface area contributed by atoms with Crippen LogP contribution in [-0.4, -0.2) is 45.0 Å². The van der Waals surface area contributed by atoms with E-state index in [0.717, 1.165) is 17.6 Å². The highest BCUT2D eigenvalue weighted by atomic mass is 19.2. The van der Waals surface area contributed by atoms with Crippen molar-refractivity contribution in [3.63, 3.8) is 0 Å². The molecular formula is C26H20F2N6O6. The molecule has 6 rings (SSSR count). The van der Waals surface area contributed by atoms with Crippen LogP contribution in [0.2, 0.25) is 0 Å². The van der Waals surface area contributed by atoms with Gasteiger partial charge in [-0.25, -0.2) is 13.9 Å². The van der Waals surface area contributed by atoms with E-state index in [4.69, 9.17) is 14.2 Å². The SMILES string of the molecule is CC1(F)Oc2ccc(CNC(=O)c3cc(C(=O)NCc4ccc5c(c4)NC(=O)CO5)nc4c(F)cnn34)cc2O1. The molecule has 0 saturated carbocycles. The molecule has 2 aromatic heterocycles. The summed E-state index contributed by atoms with van der Waals surface area (Å²) >= 11 is 0. The van der Waals surface area contributed by atoms with Gasteiger partial charge in [-0.3, -0.25) is 14.4 Å². The van der Waals surface area contributed by atoms with Crippen LogP contribution in [0.4, 0.5) is 14.5 Å². The van der Waals surface area contributed by atoms with Gasteiger partial charge >= 0.3 is 6.04 Å². The van der Waals surface area contributed by atoms with E-state index in [1.54, 1.807) is 24.3 Å². The maximum Gasteiger partial charge on any atom is 0.404 e. The van der Waals surface area contributed by atoms with Crippen LogP contribution in [0.25, 0.3) is 5.65 Å². The summed E-state index contributed by atoms with van der Waals surface area (Å²) in [5, 5.41) is 11.9. The summed E-state index contributed by atoms with van der Waals surface area (Å²) in [5.41, 5.74) is 1.06. The Morgan fingerprint density at radius 2 is 1.73 bits per heavy atom. The van der Waals surface area contributed by atoms with Gasteiger partial charge in [-0.05, 0) is 35.4 Å². The van der Waals surface area contributed by atoms with Crippen LogP contribution >= 0.6 is 0 Å². The molecule has 0 fully saturated rings. The zero-order valence-electron chi connectivity index (χ0n) is 20.8. The smallest absolute Gasteiger partial charge is 0.404 e. The molecule has 204 valence electrons. The minimum atomic E-state index is -2.28. The molecule has 12 nitrogen and oxygen atoms in total. The summed E-state index contributed by atoms with van der Waals surface area (Å²) < 4.78 is 44.8. The van der Waals surface area contributed by atoms with Gasteiger partial charge in [-0.2, -0.15) is 9.49 Å². The second kappa shape index (κ2) is 9.48. The first kappa shape index (κ1) is 25.0. The van der Waals surface area contributed by atoms with E-state index in [0.29, 0.717) is 22.6 Å². The number of alkyl halides is 1.